The Kier molecular flexibility index (Phi) is 12.1. The summed E-state index contributed by atoms with van der Waals surface area (Å²) in [6, 6.07) is 5.79. The summed E-state index contributed by atoms with van der Waals surface area (Å²) in [5.74, 6) is -2.64. The summed E-state index contributed by atoms with van der Waals surface area (Å²) < 4.78 is 44.5. The third-order valence-corrected chi connectivity index (χ3v) is 9.58. The number of phenols is 2. The first kappa shape index (κ1) is 40.7. The van der Waals surface area contributed by atoms with Gasteiger partial charge in [-0.1, -0.05) is 0 Å². The molecule has 55 heavy (non-hydrogen) atoms. The largest absolute Gasteiger partial charge is 0.507 e. The van der Waals surface area contributed by atoms with Crippen LogP contribution in [0.2, 0.25) is 0 Å². The Hall–Kier alpha value is -3.91. The van der Waals surface area contributed by atoms with Gasteiger partial charge in [0.15, 0.2) is 23.5 Å². The molecule has 3 aliphatic heterocycles. The van der Waals surface area contributed by atoms with Crippen molar-refractivity contribution in [1.82, 2.24) is 0 Å². The van der Waals surface area contributed by atoms with Gasteiger partial charge in [-0.05, 0) is 25.1 Å². The second kappa shape index (κ2) is 16.3. The number of hydrogen-bond acceptors (Lipinski definition) is 21. The molecule has 0 radical (unpaired) electrons. The van der Waals surface area contributed by atoms with E-state index in [1.54, 1.807) is 0 Å². The number of aliphatic hydroxyl groups is 10. The minimum atomic E-state index is -2.03. The highest BCUT2D eigenvalue weighted by molar-refractivity contribution is 5.88. The first-order valence-electron chi connectivity index (χ1n) is 16.9. The monoisotopic (exact) mass is 786 g/mol. The van der Waals surface area contributed by atoms with Gasteiger partial charge in [0.1, 0.15) is 89.6 Å². The lowest BCUT2D eigenvalue weighted by atomic mass is 9.98. The number of fused-ring (bicyclic) bond motifs is 1. The van der Waals surface area contributed by atoms with Crippen LogP contribution < -0.4 is 19.6 Å². The molecule has 0 spiro atoms. The van der Waals surface area contributed by atoms with E-state index in [1.807, 2.05) is 0 Å². The van der Waals surface area contributed by atoms with Crippen LogP contribution in [-0.2, 0) is 18.9 Å². The van der Waals surface area contributed by atoms with E-state index in [9.17, 15) is 66.1 Å². The third-order valence-electron chi connectivity index (χ3n) is 9.58. The zero-order valence-corrected chi connectivity index (χ0v) is 29.0. The highest BCUT2D eigenvalue weighted by Crippen LogP contribution is 2.40. The van der Waals surface area contributed by atoms with Gasteiger partial charge in [0, 0.05) is 17.7 Å². The second-order valence-electron chi connectivity index (χ2n) is 13.3. The van der Waals surface area contributed by atoms with E-state index < -0.39 is 139 Å². The van der Waals surface area contributed by atoms with Crippen molar-refractivity contribution in [1.29, 1.82) is 0 Å². The summed E-state index contributed by atoms with van der Waals surface area (Å²) in [5.41, 5.74) is -1.49. The van der Waals surface area contributed by atoms with Crippen molar-refractivity contribution in [2.45, 2.75) is 99.0 Å². The van der Waals surface area contributed by atoms with Gasteiger partial charge in [-0.2, -0.15) is 0 Å². The number of rotatable bonds is 10. The molecule has 3 saturated heterocycles. The van der Waals surface area contributed by atoms with Gasteiger partial charge in [-0.25, -0.2) is 0 Å². The fraction of sp³-hybridized carbons (Fsp3) is 0.559. The summed E-state index contributed by atoms with van der Waals surface area (Å²) in [7, 11) is 1.29. The Balaban J connectivity index is 1.35. The van der Waals surface area contributed by atoms with E-state index in [-0.39, 0.29) is 22.6 Å². The number of methoxy groups -OCH3 is 1. The van der Waals surface area contributed by atoms with E-state index in [0.717, 1.165) is 18.2 Å². The molecule has 21 heteroatoms. The topological polar surface area (TPSA) is 338 Å². The molecule has 3 aromatic rings. The lowest BCUT2D eigenvalue weighted by Crippen LogP contribution is -2.61. The van der Waals surface area contributed by atoms with Crippen LogP contribution in [0.15, 0.2) is 39.5 Å². The van der Waals surface area contributed by atoms with Crippen LogP contribution in [0, 0.1) is 0 Å². The molecule has 2 aromatic carbocycles. The molecule has 4 heterocycles. The summed E-state index contributed by atoms with van der Waals surface area (Å²) in [6.45, 7) is 0.0118. The number of benzene rings is 2. The van der Waals surface area contributed by atoms with Gasteiger partial charge in [-0.3, -0.25) is 4.79 Å². The number of aromatic hydroxyl groups is 2. The Labute approximate surface area is 309 Å². The minimum Gasteiger partial charge on any atom is -0.507 e. The molecule has 304 valence electrons. The van der Waals surface area contributed by atoms with Gasteiger partial charge in [-0.15, -0.1) is 0 Å². The average Bonchev–Trinajstić information content (AvgIpc) is 3.16. The Morgan fingerprint density at radius 1 is 0.673 bits per heavy atom. The van der Waals surface area contributed by atoms with Crippen LogP contribution in [0.4, 0.5) is 0 Å². The molecule has 3 fully saturated rings. The molecule has 0 unspecified atom stereocenters. The van der Waals surface area contributed by atoms with Gasteiger partial charge >= 0.3 is 0 Å². The average molecular weight is 787 g/mol. The summed E-state index contributed by atoms with van der Waals surface area (Å²) in [4.78, 5) is 14.1. The maximum Gasteiger partial charge on any atom is 0.239 e. The van der Waals surface area contributed by atoms with Crippen molar-refractivity contribution in [3.8, 4) is 40.1 Å². The molecular formula is C34H42O21. The molecule has 0 bridgehead atoms. The predicted octanol–water partition coefficient (Wildman–Crippen LogP) is -3.91. The van der Waals surface area contributed by atoms with Gasteiger partial charge < -0.3 is 98.9 Å². The first-order chi connectivity index (χ1) is 26.1. The molecule has 12 N–H and O–H groups in total. The minimum absolute atomic E-state index is 0.0247. The molecular weight excluding hydrogens is 744 g/mol. The Morgan fingerprint density at radius 2 is 1.27 bits per heavy atom. The first-order valence-corrected chi connectivity index (χ1v) is 16.9. The van der Waals surface area contributed by atoms with Gasteiger partial charge in [0.05, 0.1) is 26.4 Å². The molecule has 21 nitrogen and oxygen atoms in total. The van der Waals surface area contributed by atoms with E-state index in [4.69, 9.17) is 37.6 Å². The number of ether oxygens (including phenoxy) is 7. The summed E-state index contributed by atoms with van der Waals surface area (Å²) in [6.07, 6.45) is -25.0. The van der Waals surface area contributed by atoms with Crippen molar-refractivity contribution < 1.29 is 98.9 Å². The van der Waals surface area contributed by atoms with Crippen molar-refractivity contribution in [3.63, 3.8) is 0 Å². The van der Waals surface area contributed by atoms with E-state index in [1.165, 1.54) is 26.2 Å². The lowest BCUT2D eigenvalue weighted by Gasteiger charge is -2.42. The van der Waals surface area contributed by atoms with Crippen LogP contribution in [0.5, 0.6) is 28.7 Å². The van der Waals surface area contributed by atoms with Crippen LogP contribution in [-0.4, -0.2) is 174 Å². The standard InChI is InChI=1S/C34H42O21/c1-10-20(38)24(42)27(45)32(50-10)49-9-18-22(40)26(44)29(47)34(54-18)55-31-23(41)19-14(37)6-12(51-33-28(46)25(43)21(39)17(8-35)53-33)7-16(19)52-30(31)11-3-4-15(48-2)13(36)5-11/h3-7,10,17-18,20-22,24-29,32-40,42-47H,8-9H2,1-2H3/t10-,17+,18+,20-,21+,22+,24+,25-,26-,27+,28+,29+,32+,33+,34-/m0/s1. The highest BCUT2D eigenvalue weighted by Gasteiger charge is 2.48. The van der Waals surface area contributed by atoms with Crippen LogP contribution in [0.1, 0.15) is 6.92 Å². The SMILES string of the molecule is COc1ccc(-c2oc3cc(O[C@@H]4O[C@H](CO)[C@@H](O)[C@H](O)[C@H]4O)cc(O)c3c(=O)c2O[C@@H]2O[C@H](CO[C@@H]3O[C@@H](C)[C@H](O)[C@@H](O)[C@H]3O)[C@@H](O)[C@H](O)[C@H]2O)cc1O. The van der Waals surface area contributed by atoms with Crippen molar-refractivity contribution in [2.75, 3.05) is 20.3 Å². The van der Waals surface area contributed by atoms with Gasteiger partial charge in [0.25, 0.3) is 0 Å². The predicted molar refractivity (Wildman–Crippen MR) is 178 cm³/mol. The molecule has 0 aliphatic carbocycles. The maximum atomic E-state index is 14.1. The molecule has 0 amide bonds. The smallest absolute Gasteiger partial charge is 0.239 e. The maximum absolute atomic E-state index is 14.1. The summed E-state index contributed by atoms with van der Waals surface area (Å²) in [5, 5.41) is 124. The fourth-order valence-corrected chi connectivity index (χ4v) is 6.36. The molecule has 15 atom stereocenters. The van der Waals surface area contributed by atoms with Crippen LogP contribution in [0.25, 0.3) is 22.3 Å². The molecule has 1 aromatic heterocycles. The quantitative estimate of drug-likeness (QED) is 0.0934. The zero-order valence-electron chi connectivity index (χ0n) is 29.0. The van der Waals surface area contributed by atoms with Crippen molar-refractivity contribution in [3.05, 3.63) is 40.6 Å². The van der Waals surface area contributed by atoms with Crippen LogP contribution >= 0.6 is 0 Å². The van der Waals surface area contributed by atoms with E-state index >= 15 is 0 Å². The molecule has 6 rings (SSSR count). The van der Waals surface area contributed by atoms with Crippen molar-refractivity contribution in [2.24, 2.45) is 0 Å². The Bertz CT molecular complexity index is 1870. The number of phenolic OH excluding ortho intramolecular Hbond substituents is 2. The highest BCUT2D eigenvalue weighted by atomic mass is 16.7. The molecule has 0 saturated carbocycles. The number of aliphatic hydroxyl groups excluding tert-OH is 10. The lowest BCUT2D eigenvalue weighted by molar-refractivity contribution is -0.318. The normalized spacial score (nSPS) is 36.8. The number of hydrogen-bond donors (Lipinski definition) is 12. The fourth-order valence-electron chi connectivity index (χ4n) is 6.36. The zero-order chi connectivity index (χ0) is 40.0. The van der Waals surface area contributed by atoms with E-state index in [0.29, 0.717) is 0 Å². The summed E-state index contributed by atoms with van der Waals surface area (Å²) >= 11 is 0. The third kappa shape index (κ3) is 7.77. The second-order valence-corrected chi connectivity index (χ2v) is 13.3. The van der Waals surface area contributed by atoms with Crippen LogP contribution in [0.3, 0.4) is 0 Å². The van der Waals surface area contributed by atoms with Crippen molar-refractivity contribution >= 4 is 11.0 Å². The van der Waals surface area contributed by atoms with Gasteiger partial charge in [0.2, 0.25) is 23.8 Å². The molecule has 3 aliphatic rings. The Morgan fingerprint density at radius 3 is 1.91 bits per heavy atom. The van der Waals surface area contributed by atoms with E-state index in [2.05, 4.69) is 0 Å².